The summed E-state index contributed by atoms with van der Waals surface area (Å²) in [7, 11) is 0. The second kappa shape index (κ2) is 3.13. The molecule has 1 atom stereocenters. The molecule has 1 heterocycles. The van der Waals surface area contributed by atoms with Crippen LogP contribution < -0.4 is 5.32 Å². The molecule has 0 aromatic rings. The summed E-state index contributed by atoms with van der Waals surface area (Å²) in [5.74, 6) is -0.204. The molecule has 0 saturated carbocycles. The van der Waals surface area contributed by atoms with E-state index in [1.54, 1.807) is 0 Å². The first-order chi connectivity index (χ1) is 5.52. The third-order valence-electron chi connectivity index (χ3n) is 1.95. The van der Waals surface area contributed by atoms with Crippen molar-refractivity contribution >= 4 is 11.9 Å². The van der Waals surface area contributed by atoms with Crippen LogP contribution in [0.4, 0.5) is 0 Å². The maximum absolute atomic E-state index is 10.6. The van der Waals surface area contributed by atoms with Gasteiger partial charge in [-0.3, -0.25) is 9.59 Å². The van der Waals surface area contributed by atoms with Gasteiger partial charge in [-0.15, -0.1) is 0 Å². The van der Waals surface area contributed by atoms with E-state index >= 15 is 0 Å². The van der Waals surface area contributed by atoms with Crippen molar-refractivity contribution in [3.8, 4) is 0 Å². The molecule has 0 bridgehead atoms. The van der Waals surface area contributed by atoms with Gasteiger partial charge in [0.2, 0.25) is 5.91 Å². The lowest BCUT2D eigenvalue weighted by Gasteiger charge is -2.38. The molecule has 1 aliphatic heterocycles. The van der Waals surface area contributed by atoms with Crippen molar-refractivity contribution < 1.29 is 14.3 Å². The van der Waals surface area contributed by atoms with Gasteiger partial charge in [-0.2, -0.15) is 0 Å². The summed E-state index contributed by atoms with van der Waals surface area (Å²) in [6.45, 7) is 3.70. The van der Waals surface area contributed by atoms with E-state index in [4.69, 9.17) is 4.74 Å². The highest BCUT2D eigenvalue weighted by molar-refractivity contribution is 5.84. The number of esters is 1. The number of carbonyl (C=O) groups excluding carboxylic acids is 2. The summed E-state index contributed by atoms with van der Waals surface area (Å²) in [4.78, 5) is 21.0. The van der Waals surface area contributed by atoms with Crippen LogP contribution in [0.25, 0.3) is 0 Å². The minimum absolute atomic E-state index is 0.0697. The summed E-state index contributed by atoms with van der Waals surface area (Å²) in [5.41, 5.74) is -0.146. The second-order valence-corrected chi connectivity index (χ2v) is 3.38. The highest BCUT2D eigenvalue weighted by Gasteiger charge is 2.37. The van der Waals surface area contributed by atoms with Crippen molar-refractivity contribution in [2.24, 2.45) is 0 Å². The zero-order chi connectivity index (χ0) is 9.19. The van der Waals surface area contributed by atoms with Gasteiger partial charge in [-0.05, 0) is 6.92 Å². The molecule has 4 nitrogen and oxygen atoms in total. The van der Waals surface area contributed by atoms with E-state index in [9.17, 15) is 9.59 Å². The predicted octanol–water partition coefficient (Wildman–Crippen LogP) is 0.218. The molecule has 1 N–H and O–H groups in total. The third-order valence-corrected chi connectivity index (χ3v) is 1.95. The monoisotopic (exact) mass is 171 g/mol. The fraction of sp³-hybridized carbons (Fsp3) is 0.750. The van der Waals surface area contributed by atoms with Crippen LogP contribution in [0.2, 0.25) is 0 Å². The Kier molecular flexibility index (Phi) is 2.35. The standard InChI is InChI=1S/C8H13NO3/c1-6(10)12-4-3-8(2)5-7(11)9-8/h3-5H2,1-2H3,(H,9,11). The first-order valence-corrected chi connectivity index (χ1v) is 3.96. The molecule has 1 unspecified atom stereocenters. The summed E-state index contributed by atoms with van der Waals surface area (Å²) in [5, 5.41) is 2.76. The predicted molar refractivity (Wildman–Crippen MR) is 42.4 cm³/mol. The van der Waals surface area contributed by atoms with Crippen LogP contribution in [0.15, 0.2) is 0 Å². The molecule has 0 radical (unpaired) electrons. The van der Waals surface area contributed by atoms with E-state index < -0.39 is 0 Å². The molecule has 1 rings (SSSR count). The SMILES string of the molecule is CC(=O)OCCC1(C)CC(=O)N1. The third kappa shape index (κ3) is 2.22. The van der Waals surface area contributed by atoms with Gasteiger partial charge in [0.05, 0.1) is 6.61 Å². The minimum Gasteiger partial charge on any atom is -0.466 e. The Labute approximate surface area is 71.3 Å². The van der Waals surface area contributed by atoms with Crippen LogP contribution in [0, 0.1) is 0 Å². The van der Waals surface area contributed by atoms with Crippen LogP contribution in [-0.4, -0.2) is 24.0 Å². The maximum Gasteiger partial charge on any atom is 0.302 e. The molecule has 68 valence electrons. The molecule has 1 aliphatic rings. The van der Waals surface area contributed by atoms with E-state index in [2.05, 4.69) is 5.32 Å². The summed E-state index contributed by atoms with van der Waals surface area (Å²) in [6.07, 6.45) is 1.23. The Morgan fingerprint density at radius 1 is 1.75 bits per heavy atom. The Balaban J connectivity index is 2.15. The number of nitrogens with one attached hydrogen (secondary N) is 1. The van der Waals surface area contributed by atoms with E-state index in [1.165, 1.54) is 6.92 Å². The van der Waals surface area contributed by atoms with Crippen LogP contribution in [-0.2, 0) is 14.3 Å². The number of carbonyl (C=O) groups is 2. The Morgan fingerprint density at radius 3 is 2.75 bits per heavy atom. The van der Waals surface area contributed by atoms with Crippen molar-refractivity contribution in [1.82, 2.24) is 5.32 Å². The number of hydrogen-bond donors (Lipinski definition) is 1. The van der Waals surface area contributed by atoms with E-state index in [-0.39, 0.29) is 17.4 Å². The number of amides is 1. The fourth-order valence-corrected chi connectivity index (χ4v) is 1.24. The maximum atomic E-state index is 10.6. The van der Waals surface area contributed by atoms with Crippen molar-refractivity contribution in [3.05, 3.63) is 0 Å². The minimum atomic E-state index is -0.274. The molecular weight excluding hydrogens is 158 g/mol. The molecule has 0 aliphatic carbocycles. The highest BCUT2D eigenvalue weighted by Crippen LogP contribution is 2.22. The summed E-state index contributed by atoms with van der Waals surface area (Å²) in [6, 6.07) is 0. The van der Waals surface area contributed by atoms with Crippen molar-refractivity contribution in [2.45, 2.75) is 32.2 Å². The molecule has 0 spiro atoms. The zero-order valence-electron chi connectivity index (χ0n) is 7.35. The molecule has 1 fully saturated rings. The summed E-state index contributed by atoms with van der Waals surface area (Å²) >= 11 is 0. The summed E-state index contributed by atoms with van der Waals surface area (Å²) < 4.78 is 4.76. The lowest BCUT2D eigenvalue weighted by molar-refractivity contribution is -0.142. The quantitative estimate of drug-likeness (QED) is 0.488. The number of β-lactam (4-membered cyclic amide) rings is 1. The number of hydrogen-bond acceptors (Lipinski definition) is 3. The first-order valence-electron chi connectivity index (χ1n) is 3.96. The van der Waals surface area contributed by atoms with Gasteiger partial charge in [0.15, 0.2) is 0 Å². The molecule has 0 aromatic carbocycles. The van der Waals surface area contributed by atoms with Crippen molar-refractivity contribution in [3.63, 3.8) is 0 Å². The normalized spacial score (nSPS) is 27.3. The van der Waals surface area contributed by atoms with Gasteiger partial charge < -0.3 is 10.1 Å². The largest absolute Gasteiger partial charge is 0.466 e. The van der Waals surface area contributed by atoms with Crippen LogP contribution in [0.5, 0.6) is 0 Å². The van der Waals surface area contributed by atoms with Crippen LogP contribution >= 0.6 is 0 Å². The van der Waals surface area contributed by atoms with Crippen molar-refractivity contribution in [1.29, 1.82) is 0 Å². The van der Waals surface area contributed by atoms with Gasteiger partial charge in [0.1, 0.15) is 0 Å². The lowest BCUT2D eigenvalue weighted by Crippen LogP contribution is -2.59. The lowest BCUT2D eigenvalue weighted by atomic mass is 9.86. The Hall–Kier alpha value is -1.06. The van der Waals surface area contributed by atoms with Gasteiger partial charge in [-0.1, -0.05) is 0 Å². The van der Waals surface area contributed by atoms with Crippen molar-refractivity contribution in [2.75, 3.05) is 6.61 Å². The van der Waals surface area contributed by atoms with Crippen LogP contribution in [0.3, 0.4) is 0 Å². The molecule has 0 aromatic heterocycles. The van der Waals surface area contributed by atoms with Gasteiger partial charge in [0.25, 0.3) is 0 Å². The average molecular weight is 171 g/mol. The van der Waals surface area contributed by atoms with Crippen LogP contribution in [0.1, 0.15) is 26.7 Å². The number of rotatable bonds is 3. The zero-order valence-corrected chi connectivity index (χ0v) is 7.35. The molecule has 4 heteroatoms. The topological polar surface area (TPSA) is 55.4 Å². The first kappa shape index (κ1) is 9.03. The Morgan fingerprint density at radius 2 is 2.33 bits per heavy atom. The second-order valence-electron chi connectivity index (χ2n) is 3.38. The molecule has 12 heavy (non-hydrogen) atoms. The fourth-order valence-electron chi connectivity index (χ4n) is 1.24. The average Bonchev–Trinajstić information content (AvgIpc) is 1.83. The Bertz CT molecular complexity index is 204. The van der Waals surface area contributed by atoms with Gasteiger partial charge in [-0.25, -0.2) is 0 Å². The number of ether oxygens (including phenoxy) is 1. The van der Waals surface area contributed by atoms with E-state index in [1.807, 2.05) is 6.92 Å². The van der Waals surface area contributed by atoms with Gasteiger partial charge in [0, 0.05) is 25.3 Å². The van der Waals surface area contributed by atoms with E-state index in [0.29, 0.717) is 19.4 Å². The molecule has 1 amide bonds. The van der Waals surface area contributed by atoms with Gasteiger partial charge >= 0.3 is 5.97 Å². The smallest absolute Gasteiger partial charge is 0.302 e. The molecule has 1 saturated heterocycles. The van der Waals surface area contributed by atoms with E-state index in [0.717, 1.165) is 0 Å². The molecular formula is C8H13NO3. The highest BCUT2D eigenvalue weighted by atomic mass is 16.5.